The summed E-state index contributed by atoms with van der Waals surface area (Å²) in [6.07, 6.45) is 2.26. The molecule has 3 saturated carbocycles. The first kappa shape index (κ1) is 26.1. The standard InChI is InChI=1S/C26H36FNO7/c1-14-11-18-17-7-6-15-12-16(29)8-9-23(15,2)25(17,27)19(30)13-24(18,3)26(14,35)21(33)22(34)28-10-4-5-20(31)32/h8-9,12,14,17-19,22,28,30,34-35H,4-7,10-11,13H2,1-3H3,(H,31,32)/t14-,17?,18?,19+,22?,23+,24+,25+,26+/m1/s1. The molecule has 0 bridgehead atoms. The number of aliphatic hydroxyl groups excluding tert-OH is 2. The van der Waals surface area contributed by atoms with Gasteiger partial charge in [-0.2, -0.15) is 0 Å². The quantitative estimate of drug-likeness (QED) is 0.266. The summed E-state index contributed by atoms with van der Waals surface area (Å²) in [5.74, 6) is -3.70. The predicted octanol–water partition coefficient (Wildman–Crippen LogP) is 1.68. The molecule has 35 heavy (non-hydrogen) atoms. The second-order valence-corrected chi connectivity index (χ2v) is 11.4. The van der Waals surface area contributed by atoms with E-state index >= 15 is 4.39 Å². The van der Waals surface area contributed by atoms with Gasteiger partial charge in [-0.15, -0.1) is 0 Å². The highest BCUT2D eigenvalue weighted by atomic mass is 19.1. The highest BCUT2D eigenvalue weighted by Gasteiger charge is 2.75. The summed E-state index contributed by atoms with van der Waals surface area (Å²) in [5.41, 5.74) is -5.76. The summed E-state index contributed by atoms with van der Waals surface area (Å²) in [6, 6.07) is 0. The molecular formula is C26H36FNO7. The van der Waals surface area contributed by atoms with Crippen molar-refractivity contribution in [2.75, 3.05) is 6.54 Å². The van der Waals surface area contributed by atoms with Crippen LogP contribution in [0.4, 0.5) is 4.39 Å². The van der Waals surface area contributed by atoms with Gasteiger partial charge in [-0.05, 0) is 69.6 Å². The van der Waals surface area contributed by atoms with Crippen LogP contribution >= 0.6 is 0 Å². The molecule has 0 spiro atoms. The van der Waals surface area contributed by atoms with Crippen molar-refractivity contribution >= 4 is 17.5 Å². The Kier molecular flexibility index (Phi) is 6.40. The zero-order valence-corrected chi connectivity index (χ0v) is 20.5. The van der Waals surface area contributed by atoms with E-state index in [2.05, 4.69) is 5.32 Å². The molecule has 3 unspecified atom stereocenters. The van der Waals surface area contributed by atoms with Gasteiger partial charge >= 0.3 is 5.97 Å². The minimum Gasteiger partial charge on any atom is -0.481 e. The largest absolute Gasteiger partial charge is 0.481 e. The fourth-order valence-corrected chi connectivity index (χ4v) is 7.85. The topological polar surface area (TPSA) is 144 Å². The number of alkyl halides is 1. The van der Waals surface area contributed by atoms with Crippen LogP contribution in [-0.4, -0.2) is 68.1 Å². The number of carbonyl (C=O) groups excluding carboxylic acids is 2. The van der Waals surface area contributed by atoms with E-state index in [1.807, 2.05) is 0 Å². The Balaban J connectivity index is 1.64. The molecule has 0 amide bonds. The number of Topliss-reactive ketones (excluding diaryl/α,β-unsaturated/α-hetero) is 1. The van der Waals surface area contributed by atoms with Crippen LogP contribution in [0.5, 0.6) is 0 Å². The van der Waals surface area contributed by atoms with Crippen molar-refractivity contribution in [1.82, 2.24) is 5.32 Å². The molecule has 4 aliphatic rings. The van der Waals surface area contributed by atoms with Gasteiger partial charge in [0.1, 0.15) is 5.60 Å². The smallest absolute Gasteiger partial charge is 0.303 e. The lowest BCUT2D eigenvalue weighted by molar-refractivity contribution is -0.221. The summed E-state index contributed by atoms with van der Waals surface area (Å²) in [6.45, 7) is 5.19. The second kappa shape index (κ2) is 8.57. The van der Waals surface area contributed by atoms with Gasteiger partial charge in [0.15, 0.2) is 17.7 Å². The molecule has 0 aromatic rings. The summed E-state index contributed by atoms with van der Waals surface area (Å²) >= 11 is 0. The Hall–Kier alpha value is -1.94. The Morgan fingerprint density at radius 3 is 2.63 bits per heavy atom. The Morgan fingerprint density at radius 2 is 1.97 bits per heavy atom. The first-order chi connectivity index (χ1) is 16.2. The monoisotopic (exact) mass is 493 g/mol. The molecule has 3 fully saturated rings. The number of ketones is 2. The molecule has 194 valence electrons. The van der Waals surface area contributed by atoms with Crippen LogP contribution < -0.4 is 5.32 Å². The molecule has 0 saturated heterocycles. The molecule has 0 aromatic carbocycles. The third kappa shape index (κ3) is 3.49. The molecule has 0 aliphatic heterocycles. The summed E-state index contributed by atoms with van der Waals surface area (Å²) in [7, 11) is 0. The lowest BCUT2D eigenvalue weighted by Gasteiger charge is -2.62. The average molecular weight is 494 g/mol. The van der Waals surface area contributed by atoms with Gasteiger partial charge in [-0.25, -0.2) is 4.39 Å². The fourth-order valence-electron chi connectivity index (χ4n) is 7.85. The zero-order chi connectivity index (χ0) is 26.0. The van der Waals surface area contributed by atoms with Gasteiger partial charge in [0.2, 0.25) is 5.78 Å². The SMILES string of the molecule is C[C@@H]1CC2C3CCC4=CC(=O)C=C[C@]4(C)[C@@]3(F)[C@@H](O)C[C@]2(C)[C@@]1(O)C(=O)C(O)NCCCC(=O)O. The van der Waals surface area contributed by atoms with Gasteiger partial charge in [-0.1, -0.05) is 25.5 Å². The summed E-state index contributed by atoms with van der Waals surface area (Å²) in [5, 5.41) is 45.1. The molecule has 0 radical (unpaired) electrons. The Bertz CT molecular complexity index is 996. The van der Waals surface area contributed by atoms with Crippen molar-refractivity contribution in [3.8, 4) is 0 Å². The number of allylic oxidation sites excluding steroid dienone is 4. The van der Waals surface area contributed by atoms with Gasteiger partial charge in [0, 0.05) is 23.2 Å². The maximum absolute atomic E-state index is 17.1. The molecule has 5 N–H and O–H groups in total. The lowest BCUT2D eigenvalue weighted by Crippen LogP contribution is -2.70. The highest BCUT2D eigenvalue weighted by molar-refractivity contribution is 6.01. The number of fused-ring (bicyclic) bond motifs is 5. The number of carboxylic acid groups (broad SMARTS) is 1. The molecule has 4 aliphatic carbocycles. The Labute approximate surface area is 204 Å². The van der Waals surface area contributed by atoms with Crippen LogP contribution in [0, 0.1) is 28.6 Å². The number of hydrogen-bond acceptors (Lipinski definition) is 7. The van der Waals surface area contributed by atoms with Crippen molar-refractivity contribution in [1.29, 1.82) is 0 Å². The van der Waals surface area contributed by atoms with E-state index < -0.39 is 63.9 Å². The van der Waals surface area contributed by atoms with Crippen molar-refractivity contribution in [3.63, 3.8) is 0 Å². The van der Waals surface area contributed by atoms with Crippen LogP contribution in [0.2, 0.25) is 0 Å². The zero-order valence-electron chi connectivity index (χ0n) is 20.5. The number of rotatable bonds is 7. The van der Waals surface area contributed by atoms with E-state index in [9.17, 15) is 29.7 Å². The van der Waals surface area contributed by atoms with E-state index in [1.54, 1.807) is 26.8 Å². The average Bonchev–Trinajstić information content (AvgIpc) is 2.99. The van der Waals surface area contributed by atoms with Crippen molar-refractivity contribution in [2.24, 2.45) is 28.6 Å². The number of halogens is 1. The van der Waals surface area contributed by atoms with Gasteiger partial charge in [0.05, 0.1) is 6.10 Å². The number of hydrogen-bond donors (Lipinski definition) is 5. The molecule has 0 aromatic heterocycles. The maximum Gasteiger partial charge on any atom is 0.303 e. The minimum atomic E-state index is -2.07. The summed E-state index contributed by atoms with van der Waals surface area (Å²) in [4.78, 5) is 36.1. The van der Waals surface area contributed by atoms with Gasteiger partial charge in [0.25, 0.3) is 0 Å². The third-order valence-corrected chi connectivity index (χ3v) is 9.75. The van der Waals surface area contributed by atoms with E-state index in [0.717, 1.165) is 0 Å². The van der Waals surface area contributed by atoms with Crippen LogP contribution in [0.3, 0.4) is 0 Å². The van der Waals surface area contributed by atoms with E-state index in [4.69, 9.17) is 5.11 Å². The van der Waals surface area contributed by atoms with Crippen molar-refractivity contribution in [2.45, 2.75) is 82.9 Å². The number of carbonyl (C=O) groups is 3. The normalized spacial score (nSPS) is 45.2. The van der Waals surface area contributed by atoms with E-state index in [1.165, 1.54) is 12.2 Å². The predicted molar refractivity (Wildman–Crippen MR) is 124 cm³/mol. The first-order valence-corrected chi connectivity index (χ1v) is 12.4. The van der Waals surface area contributed by atoms with Crippen LogP contribution in [0.25, 0.3) is 0 Å². The molecule has 4 rings (SSSR count). The van der Waals surface area contributed by atoms with E-state index in [-0.39, 0.29) is 31.6 Å². The number of aliphatic carboxylic acids is 1. The second-order valence-electron chi connectivity index (χ2n) is 11.4. The van der Waals surface area contributed by atoms with Crippen molar-refractivity contribution < 1.29 is 39.2 Å². The van der Waals surface area contributed by atoms with Crippen LogP contribution in [0.1, 0.15) is 59.3 Å². The number of carboxylic acids is 1. The number of nitrogens with one attached hydrogen (secondary N) is 1. The molecule has 9 heteroatoms. The van der Waals surface area contributed by atoms with Gasteiger partial charge < -0.3 is 20.4 Å². The van der Waals surface area contributed by atoms with Crippen LogP contribution in [-0.2, 0) is 14.4 Å². The molecule has 8 nitrogen and oxygen atoms in total. The maximum atomic E-state index is 17.1. The highest BCUT2D eigenvalue weighted by Crippen LogP contribution is 2.70. The minimum absolute atomic E-state index is 0.0706. The lowest BCUT2D eigenvalue weighted by atomic mass is 9.44. The van der Waals surface area contributed by atoms with Crippen molar-refractivity contribution in [3.05, 3.63) is 23.8 Å². The molecular weight excluding hydrogens is 457 g/mol. The fraction of sp³-hybridized carbons (Fsp3) is 0.731. The van der Waals surface area contributed by atoms with Crippen LogP contribution in [0.15, 0.2) is 23.8 Å². The molecule has 9 atom stereocenters. The summed E-state index contributed by atoms with van der Waals surface area (Å²) < 4.78 is 17.1. The Morgan fingerprint density at radius 1 is 1.29 bits per heavy atom. The first-order valence-electron chi connectivity index (χ1n) is 12.4. The van der Waals surface area contributed by atoms with Gasteiger partial charge in [-0.3, -0.25) is 19.7 Å². The number of aliphatic hydroxyl groups is 3. The molecule has 0 heterocycles. The third-order valence-electron chi connectivity index (χ3n) is 9.75. The van der Waals surface area contributed by atoms with E-state index in [0.29, 0.717) is 24.8 Å².